The molecular formula is C32H48O4. The fourth-order valence-corrected chi connectivity index (χ4v) is 4.54. The van der Waals surface area contributed by atoms with E-state index in [1.807, 2.05) is 0 Å². The fourth-order valence-electron chi connectivity index (χ4n) is 4.54. The van der Waals surface area contributed by atoms with Gasteiger partial charge in [0.15, 0.2) is 0 Å². The molecule has 1 heterocycles. The molecule has 0 amide bonds. The number of rotatable bonds is 17. The van der Waals surface area contributed by atoms with Crippen LogP contribution in [0, 0.1) is 6.92 Å². The zero-order valence-corrected chi connectivity index (χ0v) is 23.6. The summed E-state index contributed by atoms with van der Waals surface area (Å²) in [6, 6.07) is 9.32. The molecule has 3 rings (SSSR count). The Morgan fingerprint density at radius 1 is 0.694 bits per heavy atom. The van der Waals surface area contributed by atoms with Gasteiger partial charge < -0.3 is 18.9 Å². The first-order valence-corrected chi connectivity index (χ1v) is 14.1. The van der Waals surface area contributed by atoms with E-state index in [-0.39, 0.29) is 5.41 Å². The second-order valence-electron chi connectivity index (χ2n) is 10.7. The van der Waals surface area contributed by atoms with Crippen LogP contribution in [0.4, 0.5) is 0 Å². The molecule has 0 atom stereocenters. The number of fused-ring (bicyclic) bond motifs is 1. The molecule has 0 aliphatic carbocycles. The van der Waals surface area contributed by atoms with E-state index in [0.29, 0.717) is 26.4 Å². The number of ether oxygens (including phenoxy) is 4. The quantitative estimate of drug-likeness (QED) is 0.207. The van der Waals surface area contributed by atoms with Crippen LogP contribution in [0.2, 0.25) is 0 Å². The molecule has 1 aliphatic heterocycles. The zero-order chi connectivity index (χ0) is 26.0. The lowest BCUT2D eigenvalue weighted by Gasteiger charge is -2.32. The van der Waals surface area contributed by atoms with Crippen LogP contribution in [0.15, 0.2) is 24.3 Å². The minimum Gasteiger partial charge on any atom is -0.488 e. The second kappa shape index (κ2) is 14.2. The Labute approximate surface area is 219 Å². The summed E-state index contributed by atoms with van der Waals surface area (Å²) in [5, 5.41) is 0. The second-order valence-corrected chi connectivity index (χ2v) is 10.7. The molecule has 0 unspecified atom stereocenters. The first-order chi connectivity index (χ1) is 17.4. The lowest BCUT2D eigenvalue weighted by atomic mass is 9.75. The third-order valence-corrected chi connectivity index (χ3v) is 7.38. The van der Waals surface area contributed by atoms with Gasteiger partial charge in [0.25, 0.3) is 0 Å². The van der Waals surface area contributed by atoms with Gasteiger partial charge in [0.2, 0.25) is 0 Å². The Balaban J connectivity index is 1.90. The summed E-state index contributed by atoms with van der Waals surface area (Å²) in [6.45, 7) is 18.4. The van der Waals surface area contributed by atoms with Gasteiger partial charge in [0.1, 0.15) is 12.4 Å². The average molecular weight is 497 g/mol. The van der Waals surface area contributed by atoms with Gasteiger partial charge in [-0.3, -0.25) is 0 Å². The number of benzene rings is 2. The first kappa shape index (κ1) is 28.7. The third-order valence-electron chi connectivity index (χ3n) is 7.38. The van der Waals surface area contributed by atoms with Crippen LogP contribution in [-0.2, 0) is 46.1 Å². The summed E-state index contributed by atoms with van der Waals surface area (Å²) in [4.78, 5) is 0. The number of hydrogen-bond acceptors (Lipinski definition) is 4. The molecule has 0 N–H and O–H groups in total. The molecule has 4 nitrogen and oxygen atoms in total. The molecule has 36 heavy (non-hydrogen) atoms. The van der Waals surface area contributed by atoms with Crippen LogP contribution in [0.1, 0.15) is 112 Å². The molecule has 0 radical (unpaired) electrons. The summed E-state index contributed by atoms with van der Waals surface area (Å²) >= 11 is 0. The highest BCUT2D eigenvalue weighted by atomic mass is 16.5. The minimum absolute atomic E-state index is 0.174. The molecule has 0 spiro atoms. The van der Waals surface area contributed by atoms with Crippen molar-refractivity contribution in [1.29, 1.82) is 0 Å². The smallest absolute Gasteiger partial charge is 0.131 e. The molecule has 0 bridgehead atoms. The van der Waals surface area contributed by atoms with Crippen LogP contribution < -0.4 is 4.74 Å². The maximum atomic E-state index is 6.07. The van der Waals surface area contributed by atoms with Crippen LogP contribution in [0.25, 0.3) is 0 Å². The van der Waals surface area contributed by atoms with E-state index >= 15 is 0 Å². The summed E-state index contributed by atoms with van der Waals surface area (Å²) in [5.41, 5.74) is 8.70. The Kier molecular flexibility index (Phi) is 11.3. The predicted octanol–water partition coefficient (Wildman–Crippen LogP) is 8.16. The van der Waals surface area contributed by atoms with Crippen molar-refractivity contribution in [3.8, 4) is 5.75 Å². The molecule has 0 saturated heterocycles. The van der Waals surface area contributed by atoms with E-state index in [0.717, 1.165) is 69.7 Å². The summed E-state index contributed by atoms with van der Waals surface area (Å²) in [6.07, 6.45) is 6.72. The molecule has 0 aromatic heterocycles. The fraction of sp³-hybridized carbons (Fsp3) is 0.625. The third kappa shape index (κ3) is 7.34. The van der Waals surface area contributed by atoms with Gasteiger partial charge in [-0.25, -0.2) is 0 Å². The highest BCUT2D eigenvalue weighted by Crippen LogP contribution is 2.41. The Morgan fingerprint density at radius 2 is 1.14 bits per heavy atom. The summed E-state index contributed by atoms with van der Waals surface area (Å²) in [5.74, 6) is 1.02. The molecule has 1 aliphatic rings. The summed E-state index contributed by atoms with van der Waals surface area (Å²) in [7, 11) is 0. The molecule has 2 aromatic carbocycles. The number of hydrogen-bond donors (Lipinski definition) is 0. The van der Waals surface area contributed by atoms with E-state index in [2.05, 4.69) is 65.8 Å². The van der Waals surface area contributed by atoms with Crippen molar-refractivity contribution in [2.75, 3.05) is 19.8 Å². The molecule has 2 aromatic rings. The van der Waals surface area contributed by atoms with Gasteiger partial charge in [-0.15, -0.1) is 0 Å². The molecule has 4 heteroatoms. The van der Waals surface area contributed by atoms with Crippen molar-refractivity contribution in [2.24, 2.45) is 0 Å². The van der Waals surface area contributed by atoms with Crippen molar-refractivity contribution in [2.45, 2.75) is 112 Å². The highest BCUT2D eigenvalue weighted by molar-refractivity contribution is 5.53. The first-order valence-electron chi connectivity index (χ1n) is 14.1. The maximum absolute atomic E-state index is 6.07. The SMILES string of the molecule is CCCCOCc1cc(C(C)(C)c2cc(COCCCC)c3c(c2)CO3)cc(COCCCC)c1C. The lowest BCUT2D eigenvalue weighted by Crippen LogP contribution is -2.23. The number of unbranched alkanes of at least 4 members (excludes halogenated alkanes) is 3. The maximum Gasteiger partial charge on any atom is 0.131 e. The van der Waals surface area contributed by atoms with Crippen molar-refractivity contribution in [3.05, 3.63) is 63.2 Å². The van der Waals surface area contributed by atoms with E-state index in [1.165, 1.54) is 33.4 Å². The molecule has 200 valence electrons. The standard InChI is InChI=1S/C32H48O4/c1-7-10-13-33-20-25-16-29(17-26(24(25)4)21-34-14-11-8-2)32(5,6)30-18-27(22-35-15-12-9-3)31-28(19-30)23-36-31/h16-19H,7-15,20-23H2,1-6H3. The van der Waals surface area contributed by atoms with Gasteiger partial charge >= 0.3 is 0 Å². The van der Waals surface area contributed by atoms with E-state index in [4.69, 9.17) is 18.9 Å². The topological polar surface area (TPSA) is 36.9 Å². The molecule has 0 saturated carbocycles. The largest absolute Gasteiger partial charge is 0.488 e. The minimum atomic E-state index is -0.174. The van der Waals surface area contributed by atoms with Crippen LogP contribution in [0.5, 0.6) is 5.75 Å². The van der Waals surface area contributed by atoms with Crippen LogP contribution in [0.3, 0.4) is 0 Å². The van der Waals surface area contributed by atoms with Crippen molar-refractivity contribution in [3.63, 3.8) is 0 Å². The normalized spacial score (nSPS) is 12.8. The monoisotopic (exact) mass is 496 g/mol. The van der Waals surface area contributed by atoms with E-state index in [1.54, 1.807) is 0 Å². The van der Waals surface area contributed by atoms with Gasteiger partial charge in [-0.1, -0.05) is 66.0 Å². The van der Waals surface area contributed by atoms with Gasteiger partial charge in [0, 0.05) is 36.4 Å². The molecular weight excluding hydrogens is 448 g/mol. The Morgan fingerprint density at radius 3 is 1.58 bits per heavy atom. The predicted molar refractivity (Wildman–Crippen MR) is 148 cm³/mol. The van der Waals surface area contributed by atoms with Crippen LogP contribution in [-0.4, -0.2) is 19.8 Å². The lowest BCUT2D eigenvalue weighted by molar-refractivity contribution is 0.112. The van der Waals surface area contributed by atoms with Gasteiger partial charge in [-0.05, 0) is 66.1 Å². The average Bonchev–Trinajstić information content (AvgIpc) is 2.84. The Hall–Kier alpha value is -1.88. The van der Waals surface area contributed by atoms with Crippen molar-refractivity contribution < 1.29 is 18.9 Å². The van der Waals surface area contributed by atoms with E-state index in [9.17, 15) is 0 Å². The Bertz CT molecular complexity index is 930. The molecule has 0 fully saturated rings. The van der Waals surface area contributed by atoms with Crippen LogP contribution >= 0.6 is 0 Å². The highest BCUT2D eigenvalue weighted by Gasteiger charge is 2.29. The van der Waals surface area contributed by atoms with Gasteiger partial charge in [0.05, 0.1) is 19.8 Å². The van der Waals surface area contributed by atoms with E-state index < -0.39 is 0 Å². The summed E-state index contributed by atoms with van der Waals surface area (Å²) < 4.78 is 23.9. The zero-order valence-electron chi connectivity index (χ0n) is 23.6. The van der Waals surface area contributed by atoms with Gasteiger partial charge in [-0.2, -0.15) is 0 Å². The van der Waals surface area contributed by atoms with Crippen molar-refractivity contribution in [1.82, 2.24) is 0 Å². The van der Waals surface area contributed by atoms with Crippen molar-refractivity contribution >= 4 is 0 Å².